The molecule has 19 heavy (non-hydrogen) atoms. The molecule has 0 radical (unpaired) electrons. The molecule has 2 aromatic heterocycles. The quantitative estimate of drug-likeness (QED) is 0.778. The lowest BCUT2D eigenvalue weighted by Crippen LogP contribution is -2.14. The summed E-state index contributed by atoms with van der Waals surface area (Å²) in [5, 5.41) is 10.1. The zero-order valence-corrected chi connectivity index (χ0v) is 11.1. The van der Waals surface area contributed by atoms with Crippen molar-refractivity contribution in [3.8, 4) is 22.0 Å². The van der Waals surface area contributed by atoms with E-state index in [1.165, 1.54) is 11.3 Å². The number of aryl methyl sites for hydroxylation is 1. The zero-order valence-electron chi connectivity index (χ0n) is 10.3. The standard InChI is InChI=1S/C14H11N3OS/c1-9-4-6-10(7-5-9)12-14(18)15-13(17-16-12)11-3-2-8-19-11/h2-8H,1H3,(H,15,17,18). The summed E-state index contributed by atoms with van der Waals surface area (Å²) in [5.74, 6) is 0.510. The Morgan fingerprint density at radius 2 is 1.89 bits per heavy atom. The first-order valence-electron chi connectivity index (χ1n) is 5.82. The van der Waals surface area contributed by atoms with Crippen molar-refractivity contribution in [1.29, 1.82) is 0 Å². The van der Waals surface area contributed by atoms with Crippen molar-refractivity contribution in [3.05, 3.63) is 57.7 Å². The highest BCUT2D eigenvalue weighted by molar-refractivity contribution is 7.13. The molecule has 0 fully saturated rings. The van der Waals surface area contributed by atoms with Crippen LogP contribution in [-0.2, 0) is 0 Å². The van der Waals surface area contributed by atoms with E-state index >= 15 is 0 Å². The summed E-state index contributed by atoms with van der Waals surface area (Å²) >= 11 is 1.52. The van der Waals surface area contributed by atoms with Gasteiger partial charge in [0.15, 0.2) is 11.5 Å². The van der Waals surface area contributed by atoms with Gasteiger partial charge in [0.2, 0.25) is 0 Å². The third-order valence-corrected chi connectivity index (χ3v) is 3.65. The summed E-state index contributed by atoms with van der Waals surface area (Å²) in [4.78, 5) is 15.7. The molecule has 94 valence electrons. The molecule has 0 unspecified atom stereocenters. The van der Waals surface area contributed by atoms with Crippen molar-refractivity contribution >= 4 is 11.3 Å². The van der Waals surface area contributed by atoms with Crippen LogP contribution in [-0.4, -0.2) is 15.2 Å². The fourth-order valence-corrected chi connectivity index (χ4v) is 2.43. The van der Waals surface area contributed by atoms with Crippen molar-refractivity contribution in [3.63, 3.8) is 0 Å². The first-order chi connectivity index (χ1) is 9.24. The van der Waals surface area contributed by atoms with Gasteiger partial charge in [-0.3, -0.25) is 4.79 Å². The molecule has 0 aliphatic heterocycles. The third kappa shape index (κ3) is 2.32. The lowest BCUT2D eigenvalue weighted by molar-refractivity contribution is 0.966. The molecule has 0 saturated heterocycles. The second-order valence-corrected chi connectivity index (χ2v) is 5.14. The van der Waals surface area contributed by atoms with Gasteiger partial charge in [-0.2, -0.15) is 0 Å². The molecule has 0 spiro atoms. The van der Waals surface area contributed by atoms with Crippen LogP contribution in [0.3, 0.4) is 0 Å². The van der Waals surface area contributed by atoms with Crippen molar-refractivity contribution < 1.29 is 0 Å². The average molecular weight is 269 g/mol. The predicted octanol–water partition coefficient (Wildman–Crippen LogP) is 2.87. The van der Waals surface area contributed by atoms with Gasteiger partial charge in [-0.05, 0) is 18.4 Å². The number of aromatic nitrogens is 3. The van der Waals surface area contributed by atoms with Crippen molar-refractivity contribution in [2.45, 2.75) is 6.92 Å². The van der Waals surface area contributed by atoms with E-state index < -0.39 is 0 Å². The predicted molar refractivity (Wildman–Crippen MR) is 76.1 cm³/mol. The molecule has 1 aromatic carbocycles. The minimum atomic E-state index is -0.220. The first kappa shape index (κ1) is 11.8. The molecule has 1 N–H and O–H groups in total. The lowest BCUT2D eigenvalue weighted by Gasteiger charge is -2.01. The van der Waals surface area contributed by atoms with Crippen LogP contribution in [0.5, 0.6) is 0 Å². The Balaban J connectivity index is 2.05. The molecule has 0 saturated carbocycles. The fourth-order valence-electron chi connectivity index (χ4n) is 1.76. The van der Waals surface area contributed by atoms with Crippen molar-refractivity contribution in [2.24, 2.45) is 0 Å². The zero-order chi connectivity index (χ0) is 13.2. The van der Waals surface area contributed by atoms with Gasteiger partial charge >= 0.3 is 0 Å². The molecule has 0 amide bonds. The van der Waals surface area contributed by atoms with Gasteiger partial charge in [0.05, 0.1) is 4.88 Å². The Kier molecular flexibility index (Phi) is 2.97. The van der Waals surface area contributed by atoms with E-state index in [4.69, 9.17) is 0 Å². The molecule has 0 aliphatic rings. The molecule has 0 atom stereocenters. The van der Waals surface area contributed by atoms with E-state index in [1.54, 1.807) is 0 Å². The summed E-state index contributed by atoms with van der Waals surface area (Å²) in [6, 6.07) is 11.5. The van der Waals surface area contributed by atoms with Gasteiger partial charge < -0.3 is 4.98 Å². The topological polar surface area (TPSA) is 58.6 Å². The maximum atomic E-state index is 12.1. The molecule has 2 heterocycles. The molecule has 3 rings (SSSR count). The van der Waals surface area contributed by atoms with Crippen LogP contribution < -0.4 is 5.56 Å². The summed E-state index contributed by atoms with van der Waals surface area (Å²) in [7, 11) is 0. The Labute approximate surface area is 113 Å². The number of nitrogens with one attached hydrogen (secondary N) is 1. The number of thiophene rings is 1. The smallest absolute Gasteiger partial charge is 0.278 e. The van der Waals surface area contributed by atoms with Crippen LogP contribution >= 0.6 is 11.3 Å². The van der Waals surface area contributed by atoms with Gasteiger partial charge in [-0.25, -0.2) is 0 Å². The molecule has 0 bridgehead atoms. The Morgan fingerprint density at radius 1 is 1.11 bits per heavy atom. The lowest BCUT2D eigenvalue weighted by atomic mass is 10.1. The van der Waals surface area contributed by atoms with E-state index in [0.29, 0.717) is 11.5 Å². The highest BCUT2D eigenvalue weighted by atomic mass is 32.1. The van der Waals surface area contributed by atoms with Crippen LogP contribution in [0.4, 0.5) is 0 Å². The maximum Gasteiger partial charge on any atom is 0.278 e. The highest BCUT2D eigenvalue weighted by Crippen LogP contribution is 2.20. The largest absolute Gasteiger partial charge is 0.302 e. The highest BCUT2D eigenvalue weighted by Gasteiger charge is 2.08. The number of nitrogens with zero attached hydrogens (tertiary/aromatic N) is 2. The second-order valence-electron chi connectivity index (χ2n) is 4.19. The van der Waals surface area contributed by atoms with E-state index in [0.717, 1.165) is 16.0 Å². The first-order valence-corrected chi connectivity index (χ1v) is 6.70. The number of rotatable bonds is 2. The van der Waals surface area contributed by atoms with E-state index in [2.05, 4.69) is 15.2 Å². The summed E-state index contributed by atoms with van der Waals surface area (Å²) in [6.45, 7) is 2.00. The molecule has 0 aliphatic carbocycles. The number of hydrogen-bond donors (Lipinski definition) is 1. The Hall–Kier alpha value is -2.27. The van der Waals surface area contributed by atoms with Crippen LogP contribution in [0.1, 0.15) is 5.56 Å². The van der Waals surface area contributed by atoms with Gasteiger partial charge in [0.25, 0.3) is 5.56 Å². The maximum absolute atomic E-state index is 12.1. The number of hydrogen-bond acceptors (Lipinski definition) is 4. The van der Waals surface area contributed by atoms with Crippen LogP contribution in [0.15, 0.2) is 46.6 Å². The van der Waals surface area contributed by atoms with Gasteiger partial charge in [-0.1, -0.05) is 35.9 Å². The Bertz CT molecular complexity index is 745. The summed E-state index contributed by atoms with van der Waals surface area (Å²) < 4.78 is 0. The normalized spacial score (nSPS) is 10.6. The van der Waals surface area contributed by atoms with Crippen LogP contribution in [0.2, 0.25) is 0 Å². The van der Waals surface area contributed by atoms with Gasteiger partial charge in [0, 0.05) is 5.56 Å². The molecule has 3 aromatic rings. The molecule has 4 nitrogen and oxygen atoms in total. The van der Waals surface area contributed by atoms with Crippen LogP contribution in [0, 0.1) is 6.92 Å². The minimum Gasteiger partial charge on any atom is -0.302 e. The van der Waals surface area contributed by atoms with Crippen molar-refractivity contribution in [1.82, 2.24) is 15.2 Å². The molecular formula is C14H11N3OS. The van der Waals surface area contributed by atoms with E-state index in [1.807, 2.05) is 48.7 Å². The van der Waals surface area contributed by atoms with Crippen LogP contribution in [0.25, 0.3) is 22.0 Å². The van der Waals surface area contributed by atoms with Crippen molar-refractivity contribution in [2.75, 3.05) is 0 Å². The number of H-pyrrole nitrogens is 1. The molecule has 5 heteroatoms. The van der Waals surface area contributed by atoms with Gasteiger partial charge in [0.1, 0.15) is 0 Å². The third-order valence-electron chi connectivity index (χ3n) is 2.78. The second kappa shape index (κ2) is 4.78. The Morgan fingerprint density at radius 3 is 2.53 bits per heavy atom. The molecular weight excluding hydrogens is 258 g/mol. The summed E-state index contributed by atoms with van der Waals surface area (Å²) in [5.41, 5.74) is 2.04. The average Bonchev–Trinajstić information content (AvgIpc) is 2.94. The number of benzene rings is 1. The van der Waals surface area contributed by atoms with Gasteiger partial charge in [-0.15, -0.1) is 21.5 Å². The van der Waals surface area contributed by atoms with E-state index in [-0.39, 0.29) is 5.56 Å². The minimum absolute atomic E-state index is 0.220. The fraction of sp³-hybridized carbons (Fsp3) is 0.0714. The monoisotopic (exact) mass is 269 g/mol. The SMILES string of the molecule is Cc1ccc(-c2nnc(-c3cccs3)[nH]c2=O)cc1. The van der Waals surface area contributed by atoms with E-state index in [9.17, 15) is 4.79 Å². The summed E-state index contributed by atoms with van der Waals surface area (Å²) in [6.07, 6.45) is 0. The number of aromatic amines is 1.